The molecule has 0 aliphatic rings. The lowest BCUT2D eigenvalue weighted by molar-refractivity contribution is 0.514. The molecular formula is C14H20N4. The first-order valence-corrected chi connectivity index (χ1v) is 6.40. The lowest BCUT2D eigenvalue weighted by Crippen LogP contribution is -2.21. The zero-order valence-electron chi connectivity index (χ0n) is 11.0. The number of rotatable bonds is 6. The average Bonchev–Trinajstić information content (AvgIpc) is 2.82. The van der Waals surface area contributed by atoms with E-state index in [-0.39, 0.29) is 0 Å². The third-order valence-electron chi connectivity index (χ3n) is 3.02. The van der Waals surface area contributed by atoms with E-state index in [0.29, 0.717) is 6.04 Å². The van der Waals surface area contributed by atoms with Crippen molar-refractivity contribution in [2.45, 2.75) is 25.8 Å². The molecule has 0 aliphatic carbocycles. The fourth-order valence-corrected chi connectivity index (χ4v) is 2.11. The lowest BCUT2D eigenvalue weighted by Gasteiger charge is -2.16. The highest BCUT2D eigenvalue weighted by Gasteiger charge is 2.11. The third-order valence-corrected chi connectivity index (χ3v) is 3.02. The molecule has 0 saturated carbocycles. The van der Waals surface area contributed by atoms with Crippen LogP contribution in [-0.4, -0.2) is 21.3 Å². The molecule has 4 heteroatoms. The van der Waals surface area contributed by atoms with Crippen LogP contribution >= 0.6 is 0 Å². The van der Waals surface area contributed by atoms with Gasteiger partial charge in [0, 0.05) is 37.2 Å². The summed E-state index contributed by atoms with van der Waals surface area (Å²) in [6, 6.07) is 4.48. The molecule has 4 nitrogen and oxygen atoms in total. The van der Waals surface area contributed by atoms with Gasteiger partial charge in [0.2, 0.25) is 0 Å². The van der Waals surface area contributed by atoms with Crippen molar-refractivity contribution in [3.63, 3.8) is 0 Å². The normalized spacial score (nSPS) is 12.6. The van der Waals surface area contributed by atoms with Crippen LogP contribution in [0.15, 0.2) is 36.9 Å². The molecule has 2 heterocycles. The van der Waals surface area contributed by atoms with Crippen LogP contribution in [0, 0.1) is 0 Å². The van der Waals surface area contributed by atoms with Crippen LogP contribution in [0.2, 0.25) is 0 Å². The van der Waals surface area contributed by atoms with Crippen LogP contribution in [0.5, 0.6) is 0 Å². The highest BCUT2D eigenvalue weighted by Crippen LogP contribution is 2.18. The second-order valence-corrected chi connectivity index (χ2v) is 4.46. The average molecular weight is 244 g/mol. The van der Waals surface area contributed by atoms with Crippen LogP contribution in [0.3, 0.4) is 0 Å². The van der Waals surface area contributed by atoms with Crippen molar-refractivity contribution in [2.24, 2.45) is 7.05 Å². The Kier molecular flexibility index (Phi) is 4.47. The van der Waals surface area contributed by atoms with Gasteiger partial charge in [-0.05, 0) is 31.0 Å². The Hall–Kier alpha value is -1.68. The van der Waals surface area contributed by atoms with Gasteiger partial charge in [0.25, 0.3) is 0 Å². The molecule has 18 heavy (non-hydrogen) atoms. The molecule has 2 aromatic rings. The van der Waals surface area contributed by atoms with Gasteiger partial charge in [-0.1, -0.05) is 13.0 Å². The predicted molar refractivity (Wildman–Crippen MR) is 72.2 cm³/mol. The summed E-state index contributed by atoms with van der Waals surface area (Å²) in [5.74, 6) is 0. The molecule has 0 amide bonds. The summed E-state index contributed by atoms with van der Waals surface area (Å²) in [5, 5.41) is 7.75. The monoisotopic (exact) mass is 244 g/mol. The SMILES string of the molecule is CCNC(CCc1cccnc1)c1cnn(C)c1. The Labute approximate surface area is 108 Å². The van der Waals surface area contributed by atoms with Gasteiger partial charge in [-0.2, -0.15) is 5.10 Å². The van der Waals surface area contributed by atoms with Gasteiger partial charge in [0.1, 0.15) is 0 Å². The van der Waals surface area contributed by atoms with E-state index in [1.54, 1.807) is 0 Å². The van der Waals surface area contributed by atoms with Gasteiger partial charge in [-0.3, -0.25) is 9.67 Å². The molecule has 2 aromatic heterocycles. The van der Waals surface area contributed by atoms with Gasteiger partial charge in [-0.15, -0.1) is 0 Å². The Morgan fingerprint density at radius 3 is 2.89 bits per heavy atom. The van der Waals surface area contributed by atoms with Crippen molar-refractivity contribution in [3.8, 4) is 0 Å². The van der Waals surface area contributed by atoms with Crippen molar-refractivity contribution in [1.82, 2.24) is 20.1 Å². The van der Waals surface area contributed by atoms with E-state index in [0.717, 1.165) is 19.4 Å². The lowest BCUT2D eigenvalue weighted by atomic mass is 10.0. The number of aryl methyl sites for hydroxylation is 2. The van der Waals surface area contributed by atoms with Gasteiger partial charge < -0.3 is 5.32 Å². The Balaban J connectivity index is 1.98. The molecule has 0 saturated heterocycles. The maximum absolute atomic E-state index is 4.24. The molecule has 96 valence electrons. The Morgan fingerprint density at radius 1 is 1.39 bits per heavy atom. The van der Waals surface area contributed by atoms with E-state index in [2.05, 4.69) is 34.6 Å². The largest absolute Gasteiger partial charge is 0.310 e. The van der Waals surface area contributed by atoms with Gasteiger partial charge in [0.15, 0.2) is 0 Å². The minimum absolute atomic E-state index is 0.365. The molecule has 0 aromatic carbocycles. The van der Waals surface area contributed by atoms with Gasteiger partial charge in [0.05, 0.1) is 6.20 Å². The van der Waals surface area contributed by atoms with E-state index in [1.807, 2.05) is 36.4 Å². The summed E-state index contributed by atoms with van der Waals surface area (Å²) >= 11 is 0. The number of nitrogens with one attached hydrogen (secondary N) is 1. The maximum atomic E-state index is 4.24. The molecule has 0 bridgehead atoms. The Bertz CT molecular complexity index is 464. The summed E-state index contributed by atoms with van der Waals surface area (Å²) < 4.78 is 1.85. The summed E-state index contributed by atoms with van der Waals surface area (Å²) in [5.41, 5.74) is 2.53. The topological polar surface area (TPSA) is 42.7 Å². The van der Waals surface area contributed by atoms with Gasteiger partial charge >= 0.3 is 0 Å². The van der Waals surface area contributed by atoms with E-state index in [4.69, 9.17) is 0 Å². The Morgan fingerprint density at radius 2 is 2.28 bits per heavy atom. The second kappa shape index (κ2) is 6.31. The summed E-state index contributed by atoms with van der Waals surface area (Å²) in [7, 11) is 1.95. The fourth-order valence-electron chi connectivity index (χ4n) is 2.11. The van der Waals surface area contributed by atoms with Gasteiger partial charge in [-0.25, -0.2) is 0 Å². The van der Waals surface area contributed by atoms with E-state index < -0.39 is 0 Å². The number of hydrogen-bond acceptors (Lipinski definition) is 3. The second-order valence-electron chi connectivity index (χ2n) is 4.46. The highest BCUT2D eigenvalue weighted by molar-refractivity contribution is 5.13. The molecular weight excluding hydrogens is 224 g/mol. The van der Waals surface area contributed by atoms with Crippen LogP contribution in [0.4, 0.5) is 0 Å². The molecule has 1 atom stereocenters. The standard InChI is InChI=1S/C14H20N4/c1-3-16-14(13-10-17-18(2)11-13)7-6-12-5-4-8-15-9-12/h4-5,8-11,14,16H,3,6-7H2,1-2H3. The first kappa shape index (κ1) is 12.8. The van der Waals surface area contributed by atoms with Crippen molar-refractivity contribution in [1.29, 1.82) is 0 Å². The molecule has 0 aliphatic heterocycles. The van der Waals surface area contributed by atoms with Crippen LogP contribution in [0.1, 0.15) is 30.5 Å². The minimum Gasteiger partial charge on any atom is -0.310 e. The van der Waals surface area contributed by atoms with Crippen LogP contribution < -0.4 is 5.32 Å². The molecule has 1 N–H and O–H groups in total. The quantitative estimate of drug-likeness (QED) is 0.846. The molecule has 1 unspecified atom stereocenters. The first-order valence-electron chi connectivity index (χ1n) is 6.40. The number of pyridine rings is 1. The number of hydrogen-bond donors (Lipinski definition) is 1. The van der Waals surface area contributed by atoms with Crippen LogP contribution in [-0.2, 0) is 13.5 Å². The first-order chi connectivity index (χ1) is 8.79. The van der Waals surface area contributed by atoms with Crippen molar-refractivity contribution >= 4 is 0 Å². The summed E-state index contributed by atoms with van der Waals surface area (Å²) in [6.45, 7) is 3.10. The molecule has 0 fully saturated rings. The maximum Gasteiger partial charge on any atom is 0.0537 e. The third kappa shape index (κ3) is 3.40. The van der Waals surface area contributed by atoms with E-state index in [9.17, 15) is 0 Å². The van der Waals surface area contributed by atoms with Crippen molar-refractivity contribution in [2.75, 3.05) is 6.54 Å². The highest BCUT2D eigenvalue weighted by atomic mass is 15.2. The number of aromatic nitrogens is 3. The van der Waals surface area contributed by atoms with Crippen LogP contribution in [0.25, 0.3) is 0 Å². The molecule has 0 radical (unpaired) electrons. The molecule has 0 spiro atoms. The van der Waals surface area contributed by atoms with Crippen molar-refractivity contribution < 1.29 is 0 Å². The minimum atomic E-state index is 0.365. The predicted octanol–water partition coefficient (Wildman–Crippen LogP) is 2.10. The summed E-state index contributed by atoms with van der Waals surface area (Å²) in [6.07, 6.45) is 9.86. The molecule has 2 rings (SSSR count). The summed E-state index contributed by atoms with van der Waals surface area (Å²) in [4.78, 5) is 4.15. The van der Waals surface area contributed by atoms with Crippen molar-refractivity contribution in [3.05, 3.63) is 48.0 Å². The van der Waals surface area contributed by atoms with E-state index in [1.165, 1.54) is 11.1 Å². The smallest absolute Gasteiger partial charge is 0.0537 e. The number of nitrogens with zero attached hydrogens (tertiary/aromatic N) is 3. The zero-order valence-corrected chi connectivity index (χ0v) is 11.0. The zero-order chi connectivity index (χ0) is 12.8. The fraction of sp³-hybridized carbons (Fsp3) is 0.429. The van der Waals surface area contributed by atoms with E-state index >= 15 is 0 Å².